The van der Waals surface area contributed by atoms with Crippen LogP contribution in [0.5, 0.6) is 0 Å². The third-order valence-electron chi connectivity index (χ3n) is 2.37. The van der Waals surface area contributed by atoms with Crippen LogP contribution in [-0.4, -0.2) is 3.92 Å². The van der Waals surface area contributed by atoms with Crippen molar-refractivity contribution in [3.05, 3.63) is 35.7 Å². The first-order chi connectivity index (χ1) is 5.77. The van der Waals surface area contributed by atoms with Crippen molar-refractivity contribution in [1.82, 2.24) is 5.32 Å². The van der Waals surface area contributed by atoms with Gasteiger partial charge in [0, 0.05) is 15.5 Å². The highest BCUT2D eigenvalue weighted by atomic mass is 127. The van der Waals surface area contributed by atoms with Gasteiger partial charge in [-0.2, -0.15) is 0 Å². The third kappa shape index (κ3) is 1.44. The zero-order chi connectivity index (χ0) is 8.55. The summed E-state index contributed by atoms with van der Waals surface area (Å²) in [5.41, 5.74) is 2.83. The first-order valence-electron chi connectivity index (χ1n) is 4.26. The van der Waals surface area contributed by atoms with Crippen LogP contribution in [0.2, 0.25) is 0 Å². The first-order valence-corrected chi connectivity index (χ1v) is 5.51. The van der Waals surface area contributed by atoms with Gasteiger partial charge in [-0.3, -0.25) is 0 Å². The predicted molar refractivity (Wildman–Crippen MR) is 60.0 cm³/mol. The van der Waals surface area contributed by atoms with Crippen LogP contribution in [0.3, 0.4) is 0 Å². The Balaban J connectivity index is 2.20. The molecule has 0 spiro atoms. The van der Waals surface area contributed by atoms with Crippen LogP contribution in [-0.2, 0) is 0 Å². The van der Waals surface area contributed by atoms with Crippen LogP contribution < -0.4 is 5.32 Å². The van der Waals surface area contributed by atoms with Crippen molar-refractivity contribution in [2.24, 2.45) is 5.92 Å². The number of alkyl halides is 1. The van der Waals surface area contributed by atoms with E-state index in [1.807, 2.05) is 6.20 Å². The van der Waals surface area contributed by atoms with Gasteiger partial charge in [-0.05, 0) is 31.2 Å². The lowest BCUT2D eigenvalue weighted by Crippen LogP contribution is -2.12. The summed E-state index contributed by atoms with van der Waals surface area (Å²) in [6.45, 7) is 2.23. The Morgan fingerprint density at radius 2 is 2.50 bits per heavy atom. The first kappa shape index (κ1) is 8.35. The number of rotatable bonds is 1. The summed E-state index contributed by atoms with van der Waals surface area (Å²) in [7, 11) is 0. The number of halogens is 1. The number of allylic oxidation sites excluding steroid dienone is 4. The van der Waals surface area contributed by atoms with E-state index in [2.05, 4.69) is 53.1 Å². The van der Waals surface area contributed by atoms with Crippen molar-refractivity contribution in [3.8, 4) is 0 Å². The van der Waals surface area contributed by atoms with Crippen molar-refractivity contribution in [2.45, 2.75) is 17.3 Å². The summed E-state index contributed by atoms with van der Waals surface area (Å²) in [6, 6.07) is 0. The van der Waals surface area contributed by atoms with E-state index in [9.17, 15) is 0 Å². The van der Waals surface area contributed by atoms with Crippen LogP contribution in [0.1, 0.15) is 13.3 Å². The van der Waals surface area contributed by atoms with Crippen LogP contribution in [0.25, 0.3) is 0 Å². The molecule has 1 heterocycles. The predicted octanol–water partition coefficient (Wildman–Crippen LogP) is 2.76. The van der Waals surface area contributed by atoms with E-state index >= 15 is 0 Å². The number of fused-ring (bicyclic) bond motifs is 1. The highest BCUT2D eigenvalue weighted by Gasteiger charge is 2.19. The topological polar surface area (TPSA) is 12.0 Å². The molecule has 2 rings (SSSR count). The van der Waals surface area contributed by atoms with Crippen molar-refractivity contribution in [2.75, 3.05) is 0 Å². The average molecular weight is 273 g/mol. The molecule has 1 N–H and O–H groups in total. The van der Waals surface area contributed by atoms with Gasteiger partial charge >= 0.3 is 0 Å². The summed E-state index contributed by atoms with van der Waals surface area (Å²) < 4.78 is 0.624. The Morgan fingerprint density at radius 3 is 3.25 bits per heavy atom. The molecule has 1 nitrogen and oxygen atoms in total. The summed E-state index contributed by atoms with van der Waals surface area (Å²) in [6.07, 6.45) is 10.1. The van der Waals surface area contributed by atoms with Crippen molar-refractivity contribution >= 4 is 22.6 Å². The van der Waals surface area contributed by atoms with Crippen LogP contribution in [0.4, 0.5) is 0 Å². The summed E-state index contributed by atoms with van der Waals surface area (Å²) >= 11 is 2.45. The zero-order valence-electron chi connectivity index (χ0n) is 7.05. The van der Waals surface area contributed by atoms with Crippen LogP contribution in [0.15, 0.2) is 35.7 Å². The maximum atomic E-state index is 3.28. The molecule has 0 saturated carbocycles. The van der Waals surface area contributed by atoms with E-state index < -0.39 is 0 Å². The van der Waals surface area contributed by atoms with Gasteiger partial charge < -0.3 is 5.32 Å². The second kappa shape index (κ2) is 3.24. The molecule has 1 aliphatic heterocycles. The van der Waals surface area contributed by atoms with E-state index in [0.29, 0.717) is 9.84 Å². The lowest BCUT2D eigenvalue weighted by atomic mass is 9.94. The largest absolute Gasteiger partial charge is 0.365 e. The van der Waals surface area contributed by atoms with Gasteiger partial charge in [-0.1, -0.05) is 34.7 Å². The molecule has 0 saturated heterocycles. The second-order valence-electron chi connectivity index (χ2n) is 3.27. The van der Waals surface area contributed by atoms with Gasteiger partial charge in [0.05, 0.1) is 0 Å². The van der Waals surface area contributed by atoms with Crippen LogP contribution >= 0.6 is 22.6 Å². The van der Waals surface area contributed by atoms with Crippen molar-refractivity contribution < 1.29 is 0 Å². The monoisotopic (exact) mass is 273 g/mol. The summed E-state index contributed by atoms with van der Waals surface area (Å²) in [5.74, 6) is 0.629. The molecule has 0 amide bonds. The third-order valence-corrected chi connectivity index (χ3v) is 3.09. The Morgan fingerprint density at radius 1 is 1.67 bits per heavy atom. The quantitative estimate of drug-likeness (QED) is 0.572. The molecular formula is C10H12IN. The maximum absolute atomic E-state index is 3.28. The van der Waals surface area contributed by atoms with Gasteiger partial charge in [0.2, 0.25) is 0 Å². The van der Waals surface area contributed by atoms with E-state index in [-0.39, 0.29) is 0 Å². The van der Waals surface area contributed by atoms with Gasteiger partial charge in [-0.25, -0.2) is 0 Å². The molecule has 0 aromatic heterocycles. The Kier molecular flexibility index (Phi) is 2.26. The highest BCUT2D eigenvalue weighted by molar-refractivity contribution is 14.1. The molecule has 12 heavy (non-hydrogen) atoms. The lowest BCUT2D eigenvalue weighted by molar-refractivity contribution is 0.745. The summed E-state index contributed by atoms with van der Waals surface area (Å²) in [4.78, 5) is 0. The fourth-order valence-corrected chi connectivity index (χ4v) is 2.04. The molecule has 0 aromatic rings. The minimum Gasteiger partial charge on any atom is -0.365 e. The van der Waals surface area contributed by atoms with E-state index in [4.69, 9.17) is 0 Å². The Bertz CT molecular complexity index is 274. The zero-order valence-corrected chi connectivity index (χ0v) is 9.21. The standard InChI is InChI=1S/C10H12IN/c1-7(11)9-3-2-8-4-5-12-10(8)6-9/h3-8,12H,2H2,1H3/t7-,8?/m1/s1. The van der Waals surface area contributed by atoms with E-state index in [1.165, 1.54) is 11.3 Å². The number of hydrogen-bond donors (Lipinski definition) is 1. The fraction of sp³-hybridized carbons (Fsp3) is 0.400. The normalized spacial score (nSPS) is 28.7. The van der Waals surface area contributed by atoms with Crippen molar-refractivity contribution in [1.29, 1.82) is 0 Å². The van der Waals surface area contributed by atoms with Crippen LogP contribution in [0, 0.1) is 5.92 Å². The number of hydrogen-bond acceptors (Lipinski definition) is 1. The average Bonchev–Trinajstić information content (AvgIpc) is 2.49. The second-order valence-corrected chi connectivity index (χ2v) is 5.13. The molecule has 0 bridgehead atoms. The molecular weight excluding hydrogens is 261 g/mol. The maximum Gasteiger partial charge on any atom is 0.0328 e. The Labute approximate surface area is 86.8 Å². The Hall–Kier alpha value is -0.250. The van der Waals surface area contributed by atoms with Crippen molar-refractivity contribution in [3.63, 3.8) is 0 Å². The molecule has 2 heteroatoms. The van der Waals surface area contributed by atoms with Gasteiger partial charge in [0.25, 0.3) is 0 Å². The highest BCUT2D eigenvalue weighted by Crippen LogP contribution is 2.29. The SMILES string of the molecule is C[C@@H](I)C1=CCC2C=CNC2=C1. The molecule has 1 aliphatic carbocycles. The lowest BCUT2D eigenvalue weighted by Gasteiger charge is -2.17. The van der Waals surface area contributed by atoms with E-state index in [1.54, 1.807) is 0 Å². The minimum atomic E-state index is 0.624. The molecule has 2 atom stereocenters. The van der Waals surface area contributed by atoms with Gasteiger partial charge in [0.15, 0.2) is 0 Å². The molecule has 0 radical (unpaired) electrons. The molecule has 64 valence electrons. The molecule has 2 aliphatic rings. The number of nitrogens with one attached hydrogen (secondary N) is 1. The van der Waals surface area contributed by atoms with E-state index in [0.717, 1.165) is 6.42 Å². The summed E-state index contributed by atoms with van der Waals surface area (Å²) in [5, 5.41) is 3.28. The van der Waals surface area contributed by atoms with Gasteiger partial charge in [0.1, 0.15) is 0 Å². The minimum absolute atomic E-state index is 0.624. The molecule has 0 aromatic carbocycles. The smallest absolute Gasteiger partial charge is 0.0328 e. The molecule has 0 fully saturated rings. The fourth-order valence-electron chi connectivity index (χ4n) is 1.60. The van der Waals surface area contributed by atoms with Gasteiger partial charge in [-0.15, -0.1) is 0 Å². The molecule has 1 unspecified atom stereocenters.